The number of nitro benzene ring substituents is 2. The van der Waals surface area contributed by atoms with E-state index in [9.17, 15) is 39.4 Å². The highest BCUT2D eigenvalue weighted by molar-refractivity contribution is 8.14. The molecule has 1 heterocycles. The molecule has 3 rings (SSSR count). The van der Waals surface area contributed by atoms with E-state index in [0.717, 1.165) is 16.7 Å². The third-order valence-electron chi connectivity index (χ3n) is 8.16. The summed E-state index contributed by atoms with van der Waals surface area (Å²) < 4.78 is 34.5. The first-order chi connectivity index (χ1) is 26.6. The Labute approximate surface area is 328 Å². The highest BCUT2D eigenvalue weighted by Crippen LogP contribution is 2.55. The van der Waals surface area contributed by atoms with Crippen molar-refractivity contribution in [1.82, 2.24) is 9.80 Å². The van der Waals surface area contributed by atoms with Crippen LogP contribution in [0.4, 0.5) is 16.2 Å². The van der Waals surface area contributed by atoms with Crippen LogP contribution in [0.15, 0.2) is 53.5 Å². The molecule has 2 aromatic carbocycles. The lowest BCUT2D eigenvalue weighted by Gasteiger charge is -2.49. The predicted octanol–water partition coefficient (Wildman–Crippen LogP) is 5.36. The van der Waals surface area contributed by atoms with Gasteiger partial charge in [-0.05, 0) is 63.1 Å². The Hall–Kier alpha value is -4.88. The van der Waals surface area contributed by atoms with Crippen molar-refractivity contribution >= 4 is 65.1 Å². The van der Waals surface area contributed by atoms with Crippen molar-refractivity contribution in [3.05, 3.63) is 79.9 Å². The molecule has 0 aromatic heterocycles. The van der Waals surface area contributed by atoms with Crippen LogP contribution in [0, 0.1) is 26.1 Å². The summed E-state index contributed by atoms with van der Waals surface area (Å²) in [7, 11) is 1.25. The third kappa shape index (κ3) is 11.8. The van der Waals surface area contributed by atoms with Gasteiger partial charge in [-0.3, -0.25) is 39.7 Å². The summed E-state index contributed by atoms with van der Waals surface area (Å²) >= 11 is 0.942. The van der Waals surface area contributed by atoms with Crippen LogP contribution in [0.25, 0.3) is 0 Å². The van der Waals surface area contributed by atoms with E-state index in [0.29, 0.717) is 17.0 Å². The lowest BCUT2D eigenvalue weighted by molar-refractivity contribution is -0.385. The number of benzene rings is 2. The second-order valence-electron chi connectivity index (χ2n) is 12.1. The van der Waals surface area contributed by atoms with Crippen molar-refractivity contribution in [2.75, 3.05) is 46.7 Å². The molecule has 1 amide bonds. The van der Waals surface area contributed by atoms with Crippen molar-refractivity contribution in [1.29, 1.82) is 0 Å². The molecule has 21 heteroatoms. The smallest absolute Gasteiger partial charge is 0.456 e. The van der Waals surface area contributed by atoms with E-state index >= 15 is 0 Å². The van der Waals surface area contributed by atoms with Crippen LogP contribution in [-0.4, -0.2) is 113 Å². The minimum absolute atomic E-state index is 0.0123. The Balaban J connectivity index is 2.01. The van der Waals surface area contributed by atoms with Crippen LogP contribution >= 0.6 is 19.3 Å². The van der Waals surface area contributed by atoms with Crippen molar-refractivity contribution in [3.8, 4) is 0 Å². The number of β-lactam (4-membered cyclic amide) rings is 1. The molecule has 0 N–H and O–H groups in total. The molecule has 56 heavy (non-hydrogen) atoms. The molecule has 1 fully saturated rings. The van der Waals surface area contributed by atoms with Gasteiger partial charge >= 0.3 is 12.1 Å². The van der Waals surface area contributed by atoms with Gasteiger partial charge in [0.05, 0.1) is 47.4 Å². The molecule has 0 spiro atoms. The number of non-ortho nitro benzene ring substituents is 2. The second kappa shape index (κ2) is 21.4. The van der Waals surface area contributed by atoms with Crippen LogP contribution in [-0.2, 0) is 55.4 Å². The first kappa shape index (κ1) is 45.5. The summed E-state index contributed by atoms with van der Waals surface area (Å²) in [5.41, 5.74) is 0.113. The van der Waals surface area contributed by atoms with Crippen LogP contribution in [0.1, 0.15) is 45.2 Å². The van der Waals surface area contributed by atoms with Crippen LogP contribution in [0.3, 0.4) is 0 Å². The monoisotopic (exact) mass is 823 g/mol. The average molecular weight is 824 g/mol. The van der Waals surface area contributed by atoms with Gasteiger partial charge < -0.3 is 32.7 Å². The number of thioether (sulfide) groups is 1. The molecular formula is C35H46N5O14PS. The number of rotatable bonds is 20. The number of likely N-dealkylation sites (tertiary alicyclic amines) is 1. The fourth-order valence-corrected chi connectivity index (χ4v) is 8.89. The van der Waals surface area contributed by atoms with Crippen molar-refractivity contribution in [2.24, 2.45) is 10.9 Å². The fourth-order valence-electron chi connectivity index (χ4n) is 5.52. The molecule has 0 radical (unpaired) electrons. The lowest BCUT2D eigenvalue weighted by atomic mass is 9.81. The van der Waals surface area contributed by atoms with Crippen molar-refractivity contribution in [3.63, 3.8) is 0 Å². The Morgan fingerprint density at radius 3 is 1.79 bits per heavy atom. The average Bonchev–Trinajstić information content (AvgIpc) is 3.15. The summed E-state index contributed by atoms with van der Waals surface area (Å²) in [6, 6.07) is 9.55. The quantitative estimate of drug-likeness (QED) is 0.0311. The zero-order valence-electron chi connectivity index (χ0n) is 32.1. The number of amidine groups is 1. The highest BCUT2D eigenvalue weighted by atomic mass is 32.2. The van der Waals surface area contributed by atoms with Gasteiger partial charge in [0, 0.05) is 51.8 Å². The van der Waals surface area contributed by atoms with Crippen molar-refractivity contribution < 1.29 is 56.8 Å². The molecule has 1 aliphatic rings. The maximum absolute atomic E-state index is 14.3. The molecule has 3 unspecified atom stereocenters. The van der Waals surface area contributed by atoms with Gasteiger partial charge in [0.1, 0.15) is 25.2 Å². The van der Waals surface area contributed by atoms with Gasteiger partial charge in [-0.15, -0.1) is 0 Å². The van der Waals surface area contributed by atoms with Crippen molar-refractivity contribution in [2.45, 2.75) is 59.5 Å². The number of carbonyl (C=O) groups excluding carboxylic acids is 4. The maximum atomic E-state index is 14.3. The molecule has 0 bridgehead atoms. The summed E-state index contributed by atoms with van der Waals surface area (Å²) in [4.78, 5) is 82.9. The van der Waals surface area contributed by atoms with E-state index in [4.69, 9.17) is 27.8 Å². The Kier molecular flexibility index (Phi) is 17.4. The molecule has 306 valence electrons. The first-order valence-corrected chi connectivity index (χ1v) is 19.9. The van der Waals surface area contributed by atoms with Crippen LogP contribution in [0.5, 0.6) is 0 Å². The molecule has 2 aromatic rings. The second-order valence-corrected chi connectivity index (χ2v) is 15.3. The number of nitro groups is 2. The maximum Gasteiger partial charge on any atom is 0.508 e. The van der Waals surface area contributed by atoms with E-state index in [1.165, 1.54) is 55.5 Å². The lowest BCUT2D eigenvalue weighted by Crippen LogP contribution is -2.68. The molecular weight excluding hydrogens is 777 g/mol. The number of nitrogens with zero attached hydrogens (tertiary/aromatic N) is 5. The van der Waals surface area contributed by atoms with Crippen LogP contribution < -0.4 is 0 Å². The number of ether oxygens (including phenoxy) is 3. The molecule has 3 atom stereocenters. The fraction of sp³-hybridized carbons (Fsp3) is 0.486. The zero-order valence-corrected chi connectivity index (χ0v) is 33.8. The molecule has 19 nitrogen and oxygen atoms in total. The van der Waals surface area contributed by atoms with E-state index < -0.39 is 58.9 Å². The molecule has 0 aliphatic carbocycles. The van der Waals surface area contributed by atoms with E-state index in [1.807, 2.05) is 0 Å². The zero-order chi connectivity index (χ0) is 41.6. The topological polar surface area (TPSA) is 229 Å². The van der Waals surface area contributed by atoms with Gasteiger partial charge in [-0.1, -0.05) is 11.8 Å². The summed E-state index contributed by atoms with van der Waals surface area (Å²) in [5.74, 6) is -2.13. The summed E-state index contributed by atoms with van der Waals surface area (Å²) in [6.07, 6.45) is -2.65. The van der Waals surface area contributed by atoms with Gasteiger partial charge in [-0.25, -0.2) is 9.59 Å². The molecule has 1 aliphatic heterocycles. The largest absolute Gasteiger partial charge is 0.508 e. The van der Waals surface area contributed by atoms with Gasteiger partial charge in [0.25, 0.3) is 18.9 Å². The molecule has 0 saturated carbocycles. The predicted molar refractivity (Wildman–Crippen MR) is 207 cm³/mol. The normalized spacial score (nSPS) is 16.0. The van der Waals surface area contributed by atoms with E-state index in [-0.39, 0.29) is 61.7 Å². The minimum atomic E-state index is -3.89. The highest BCUT2D eigenvalue weighted by Gasteiger charge is 2.57. The number of hydrogen-bond donors (Lipinski definition) is 0. The minimum Gasteiger partial charge on any atom is -0.456 e. The Bertz CT molecular complexity index is 1800. The summed E-state index contributed by atoms with van der Waals surface area (Å²) in [5, 5.41) is 21.7. The Morgan fingerprint density at radius 1 is 0.875 bits per heavy atom. The van der Waals surface area contributed by atoms with Gasteiger partial charge in [0.2, 0.25) is 11.3 Å². The van der Waals surface area contributed by atoms with Crippen LogP contribution in [0.2, 0.25) is 0 Å². The number of aliphatic imine (C=N–C) groups is 1. The third-order valence-corrected chi connectivity index (χ3v) is 11.8. The van der Waals surface area contributed by atoms with Gasteiger partial charge in [0.15, 0.2) is 5.12 Å². The number of carbonyl (C=O) groups is 4. The standard InChI is InChI=1S/C35H46N5O14PS/c1-8-51-55(52-9-2,53-10-3)33(34(43)49-20-24-11-15-26(16-12-24)39(45)46)38-28(19-30(41)56-22-29(36-5)37(6)7)31(32(38)42)23(4)54-35(44)50-21-25-13-17-27(18-14-25)40(47)48/h11-18,23,28,31H,8-10,19-22H2,1-7H3. The Morgan fingerprint density at radius 2 is 1.36 bits per heavy atom. The molecule has 1 saturated heterocycles. The van der Waals surface area contributed by atoms with E-state index in [1.54, 1.807) is 46.8 Å². The number of hydrogen-bond acceptors (Lipinski definition) is 16. The number of amides is 1. The van der Waals surface area contributed by atoms with Gasteiger partial charge in [-0.2, -0.15) is 0 Å². The number of esters is 1. The van der Waals surface area contributed by atoms with E-state index in [2.05, 4.69) is 4.99 Å². The SMILES string of the molecule is CCOP(OCC)(OCC)=C(C(=O)OCc1ccc([N+](=O)[O-])cc1)N1C(=O)C(C(C)OC(=O)OCc2ccc([N+](=O)[O-])cc2)C1CC(=O)SCC(=NC)N(C)C. The summed E-state index contributed by atoms with van der Waals surface area (Å²) in [6.45, 7) is 5.67. The first-order valence-electron chi connectivity index (χ1n) is 17.4.